The summed E-state index contributed by atoms with van der Waals surface area (Å²) < 4.78 is 0. The standard InChI is InChI=1S/C30H42N6O5.CH3I/c1-21(37)25(19-22-11-7-5-8-12-22)32-17-18-33-27(38)16-15-24(28(39)31-2)34-30(41)35-29(40)26(36(3)4)20-23-13-9-6-10-14-23;1-2/h5-14,24-26,32H,15-20H2,1-4H3,(H,31,39)(H,33,38)(H2,34,35,40,41);1H3/t24-,25-,26-;/m0./s1. The Labute approximate surface area is 268 Å². The van der Waals surface area contributed by atoms with Crippen molar-refractivity contribution in [2.45, 2.75) is 50.7 Å². The summed E-state index contributed by atoms with van der Waals surface area (Å²) in [5, 5.41) is 13.2. The van der Waals surface area contributed by atoms with Gasteiger partial charge in [-0.3, -0.25) is 29.4 Å². The zero-order valence-corrected chi connectivity index (χ0v) is 27.8. The molecule has 0 heterocycles. The van der Waals surface area contributed by atoms with Gasteiger partial charge >= 0.3 is 6.03 Å². The highest BCUT2D eigenvalue weighted by atomic mass is 127. The minimum atomic E-state index is -1.02. The molecule has 2 rings (SSSR count). The molecule has 0 aliphatic rings. The van der Waals surface area contributed by atoms with Crippen LogP contribution in [0.5, 0.6) is 0 Å². The maximum atomic E-state index is 12.8. The minimum absolute atomic E-state index is 0.00778. The van der Waals surface area contributed by atoms with Crippen molar-refractivity contribution in [1.29, 1.82) is 0 Å². The van der Waals surface area contributed by atoms with Crippen molar-refractivity contribution in [1.82, 2.24) is 31.5 Å². The second kappa shape index (κ2) is 21.3. The van der Waals surface area contributed by atoms with E-state index in [9.17, 15) is 24.0 Å². The van der Waals surface area contributed by atoms with Gasteiger partial charge in [0.2, 0.25) is 17.7 Å². The van der Waals surface area contributed by atoms with Gasteiger partial charge in [0.25, 0.3) is 0 Å². The lowest BCUT2D eigenvalue weighted by Gasteiger charge is -2.24. The Balaban J connectivity index is 0.00000452. The van der Waals surface area contributed by atoms with Crippen LogP contribution in [0.15, 0.2) is 60.7 Å². The zero-order chi connectivity index (χ0) is 32.2. The number of hydrogen-bond acceptors (Lipinski definition) is 7. The van der Waals surface area contributed by atoms with Gasteiger partial charge in [0.05, 0.1) is 12.1 Å². The smallest absolute Gasteiger partial charge is 0.322 e. The minimum Gasteiger partial charge on any atom is -0.357 e. The monoisotopic (exact) mass is 708 g/mol. The van der Waals surface area contributed by atoms with Crippen molar-refractivity contribution >= 4 is 52.1 Å². The fourth-order valence-corrected chi connectivity index (χ4v) is 4.20. The van der Waals surface area contributed by atoms with Crippen molar-refractivity contribution < 1.29 is 24.0 Å². The summed E-state index contributed by atoms with van der Waals surface area (Å²) in [6.45, 7) is 2.21. The summed E-state index contributed by atoms with van der Waals surface area (Å²) in [5.41, 5.74) is 1.98. The third-order valence-corrected chi connectivity index (χ3v) is 6.57. The van der Waals surface area contributed by atoms with E-state index >= 15 is 0 Å². The molecule has 0 unspecified atom stereocenters. The highest BCUT2D eigenvalue weighted by molar-refractivity contribution is 14.1. The molecule has 43 heavy (non-hydrogen) atoms. The molecule has 0 aliphatic carbocycles. The number of amides is 5. The molecule has 0 spiro atoms. The summed E-state index contributed by atoms with van der Waals surface area (Å²) >= 11 is 2.15. The quantitative estimate of drug-likeness (QED) is 0.102. The fraction of sp³-hybridized carbons (Fsp3) is 0.452. The number of carbonyl (C=O) groups excluding carboxylic acids is 5. The average molecular weight is 709 g/mol. The van der Waals surface area contributed by atoms with Crippen LogP contribution in [-0.4, -0.2) is 91.7 Å². The van der Waals surface area contributed by atoms with E-state index in [1.165, 1.54) is 14.0 Å². The van der Waals surface area contributed by atoms with E-state index in [0.717, 1.165) is 11.1 Å². The SMILES string of the molecule is CI.CNC(=O)[C@H](CCC(=O)NCCN[C@@H](Cc1ccccc1)C(C)=O)NC(=O)NC(=O)[C@H](Cc1ccccc1)N(C)C. The van der Waals surface area contributed by atoms with Crippen LogP contribution in [0, 0.1) is 0 Å². The van der Waals surface area contributed by atoms with Gasteiger partial charge in [-0.05, 0) is 56.3 Å². The second-order valence-electron chi connectivity index (χ2n) is 9.99. The first kappa shape index (κ1) is 37.7. The lowest BCUT2D eigenvalue weighted by atomic mass is 10.0. The van der Waals surface area contributed by atoms with E-state index in [1.807, 2.05) is 65.6 Å². The molecule has 3 atom stereocenters. The largest absolute Gasteiger partial charge is 0.357 e. The van der Waals surface area contributed by atoms with E-state index in [2.05, 4.69) is 49.2 Å². The highest BCUT2D eigenvalue weighted by Crippen LogP contribution is 2.08. The number of hydrogen-bond donors (Lipinski definition) is 5. The van der Waals surface area contributed by atoms with Gasteiger partial charge in [0, 0.05) is 26.6 Å². The summed E-state index contributed by atoms with van der Waals surface area (Å²) in [7, 11) is 4.92. The van der Waals surface area contributed by atoms with Crippen molar-refractivity contribution in [3.05, 3.63) is 71.8 Å². The number of benzene rings is 2. The lowest BCUT2D eigenvalue weighted by molar-refractivity contribution is -0.126. The topological polar surface area (TPSA) is 149 Å². The van der Waals surface area contributed by atoms with E-state index in [4.69, 9.17) is 0 Å². The molecule has 0 saturated carbocycles. The number of halogens is 1. The molecular weight excluding hydrogens is 663 g/mol. The third-order valence-electron chi connectivity index (χ3n) is 6.57. The number of urea groups is 1. The van der Waals surface area contributed by atoms with Gasteiger partial charge in [-0.2, -0.15) is 0 Å². The number of imide groups is 1. The maximum absolute atomic E-state index is 12.8. The molecule has 11 nitrogen and oxygen atoms in total. The third kappa shape index (κ3) is 15.1. The first-order valence-corrected chi connectivity index (χ1v) is 16.2. The molecule has 5 N–H and O–H groups in total. The molecular formula is C31H45IN6O5. The lowest BCUT2D eigenvalue weighted by Crippen LogP contribution is -2.54. The van der Waals surface area contributed by atoms with Crippen molar-refractivity contribution in [2.75, 3.05) is 39.2 Å². The number of nitrogens with zero attached hydrogens (tertiary/aromatic N) is 1. The van der Waals surface area contributed by atoms with Gasteiger partial charge in [0.15, 0.2) is 0 Å². The van der Waals surface area contributed by atoms with Crippen LogP contribution in [0.25, 0.3) is 0 Å². The number of likely N-dealkylation sites (N-methyl/N-ethyl adjacent to an activating group) is 2. The molecule has 0 radical (unpaired) electrons. The van der Waals surface area contributed by atoms with Crippen LogP contribution in [0.2, 0.25) is 0 Å². The van der Waals surface area contributed by atoms with Gasteiger partial charge in [-0.1, -0.05) is 83.3 Å². The van der Waals surface area contributed by atoms with Crippen molar-refractivity contribution in [3.8, 4) is 0 Å². The predicted octanol–water partition coefficient (Wildman–Crippen LogP) is 1.84. The summed E-state index contributed by atoms with van der Waals surface area (Å²) in [4.78, 5) is 65.9. The predicted molar refractivity (Wildman–Crippen MR) is 177 cm³/mol. The van der Waals surface area contributed by atoms with E-state index < -0.39 is 29.9 Å². The molecule has 236 valence electrons. The Bertz CT molecular complexity index is 1150. The maximum Gasteiger partial charge on any atom is 0.322 e. The highest BCUT2D eigenvalue weighted by Gasteiger charge is 2.26. The Morgan fingerprint density at radius 2 is 1.35 bits per heavy atom. The first-order chi connectivity index (χ1) is 20.6. The Morgan fingerprint density at radius 1 is 0.791 bits per heavy atom. The Morgan fingerprint density at radius 3 is 1.86 bits per heavy atom. The number of Topliss-reactive ketones (excluding diaryl/α,β-unsaturated/α-hetero) is 1. The fourth-order valence-electron chi connectivity index (χ4n) is 4.20. The van der Waals surface area contributed by atoms with Crippen LogP contribution in [-0.2, 0) is 32.0 Å². The zero-order valence-electron chi connectivity index (χ0n) is 25.6. The average Bonchev–Trinajstić information content (AvgIpc) is 3.00. The summed E-state index contributed by atoms with van der Waals surface area (Å²) in [6.07, 6.45) is 0.961. The molecule has 0 bridgehead atoms. The molecule has 5 amide bonds. The molecule has 0 saturated heterocycles. The van der Waals surface area contributed by atoms with Crippen LogP contribution in [0.1, 0.15) is 30.9 Å². The molecule has 0 aromatic heterocycles. The Hall–Kier alpha value is -3.36. The number of carbonyl (C=O) groups is 5. The van der Waals surface area contributed by atoms with Crippen molar-refractivity contribution in [2.24, 2.45) is 0 Å². The van der Waals surface area contributed by atoms with E-state index in [0.29, 0.717) is 19.4 Å². The van der Waals surface area contributed by atoms with Crippen LogP contribution in [0.4, 0.5) is 4.79 Å². The molecule has 2 aromatic carbocycles. The number of ketones is 1. The molecule has 0 aliphatic heterocycles. The van der Waals surface area contributed by atoms with Gasteiger partial charge < -0.3 is 21.3 Å². The number of alkyl halides is 1. The normalized spacial score (nSPS) is 12.5. The second-order valence-corrected chi connectivity index (χ2v) is 9.99. The van der Waals surface area contributed by atoms with Crippen molar-refractivity contribution in [3.63, 3.8) is 0 Å². The van der Waals surface area contributed by atoms with Crippen LogP contribution >= 0.6 is 22.6 Å². The van der Waals surface area contributed by atoms with E-state index in [-0.39, 0.29) is 37.1 Å². The molecule has 0 fully saturated rings. The summed E-state index contributed by atoms with van der Waals surface area (Å²) in [6, 6.07) is 16.3. The van der Waals surface area contributed by atoms with Crippen LogP contribution in [0.3, 0.4) is 0 Å². The molecule has 12 heteroatoms. The first-order valence-electron chi connectivity index (χ1n) is 14.1. The number of nitrogens with one attached hydrogen (secondary N) is 5. The van der Waals surface area contributed by atoms with Gasteiger partial charge in [-0.25, -0.2) is 4.79 Å². The van der Waals surface area contributed by atoms with Crippen LogP contribution < -0.4 is 26.6 Å². The number of rotatable bonds is 16. The van der Waals surface area contributed by atoms with E-state index in [1.54, 1.807) is 19.0 Å². The van der Waals surface area contributed by atoms with Gasteiger partial charge in [0.1, 0.15) is 11.8 Å². The van der Waals surface area contributed by atoms with Gasteiger partial charge in [-0.15, -0.1) is 0 Å². The Kier molecular flexibility index (Phi) is 18.7. The molecule has 2 aromatic rings. The summed E-state index contributed by atoms with van der Waals surface area (Å²) in [5.74, 6) is -1.29.